The van der Waals surface area contributed by atoms with E-state index >= 15 is 0 Å². The standard InChI is InChI=1S/C38H52N4O9Si4/c1-52(2,30-14-28-40-38(43)32-19-21-33(22-20-32)41(44)45)49-54(5,6)51-55(36-15-9-7-10-16-36,37-17-11-8-12-18-37)50-53(3,4)29-13-27-39-31-48-35-25-23-34(24-26-35)42(46)47/h7-12,15-26,39H,13-14,27-31H2,1-6H3,(H,40,43). The number of nitrogens with zero attached hydrogens (tertiary/aromatic N) is 2. The summed E-state index contributed by atoms with van der Waals surface area (Å²) < 4.78 is 27.7. The minimum absolute atomic E-state index is 0.0207. The highest BCUT2D eigenvalue weighted by Crippen LogP contribution is 2.28. The van der Waals surface area contributed by atoms with Gasteiger partial charge in [-0.25, -0.2) is 0 Å². The highest BCUT2D eigenvalue weighted by Gasteiger charge is 2.52. The van der Waals surface area contributed by atoms with Crippen LogP contribution in [0.4, 0.5) is 11.4 Å². The third kappa shape index (κ3) is 13.4. The van der Waals surface area contributed by atoms with E-state index in [9.17, 15) is 25.0 Å². The van der Waals surface area contributed by atoms with Crippen molar-refractivity contribution in [3.05, 3.63) is 135 Å². The molecule has 0 saturated heterocycles. The second kappa shape index (κ2) is 19.5. The molecular formula is C38H52N4O9Si4. The lowest BCUT2D eigenvalue weighted by Gasteiger charge is -2.44. The smallest absolute Gasteiger partial charge is 0.388 e. The number of nitrogens with one attached hydrogen (secondary N) is 2. The predicted molar refractivity (Wildman–Crippen MR) is 224 cm³/mol. The average Bonchev–Trinajstić information content (AvgIpc) is 3.14. The molecule has 55 heavy (non-hydrogen) atoms. The fourth-order valence-electron chi connectivity index (χ4n) is 6.32. The fourth-order valence-corrected chi connectivity index (χ4v) is 25.0. The van der Waals surface area contributed by atoms with E-state index in [0.717, 1.165) is 28.9 Å². The van der Waals surface area contributed by atoms with Crippen molar-refractivity contribution in [3.8, 4) is 5.75 Å². The summed E-state index contributed by atoms with van der Waals surface area (Å²) in [6.07, 6.45) is 1.57. The number of hydrogen-bond acceptors (Lipinski definition) is 10. The molecule has 0 unspecified atom stereocenters. The summed E-state index contributed by atoms with van der Waals surface area (Å²) in [6, 6.07) is 33.7. The molecule has 294 valence electrons. The van der Waals surface area contributed by atoms with Crippen LogP contribution in [0.1, 0.15) is 23.2 Å². The molecule has 0 aromatic heterocycles. The number of carbonyl (C=O) groups excluding carboxylic acids is 1. The lowest BCUT2D eigenvalue weighted by atomic mass is 10.2. The Morgan fingerprint density at radius 1 is 0.618 bits per heavy atom. The van der Waals surface area contributed by atoms with Gasteiger partial charge in [-0.15, -0.1) is 0 Å². The number of ether oxygens (including phenoxy) is 1. The zero-order valence-corrected chi connectivity index (χ0v) is 36.4. The first-order valence-electron chi connectivity index (χ1n) is 18.3. The van der Waals surface area contributed by atoms with Crippen LogP contribution >= 0.6 is 0 Å². The Morgan fingerprint density at radius 3 is 1.60 bits per heavy atom. The van der Waals surface area contributed by atoms with Crippen LogP contribution in [-0.4, -0.2) is 69.3 Å². The maximum Gasteiger partial charge on any atom is 0.388 e. The Hall–Kier alpha value is -4.34. The monoisotopic (exact) mass is 820 g/mol. The van der Waals surface area contributed by atoms with Crippen molar-refractivity contribution in [3.63, 3.8) is 0 Å². The van der Waals surface area contributed by atoms with E-state index in [-0.39, 0.29) is 24.0 Å². The van der Waals surface area contributed by atoms with Crippen molar-refractivity contribution in [1.29, 1.82) is 0 Å². The number of non-ortho nitro benzene ring substituents is 2. The fraction of sp³-hybridized carbons (Fsp3) is 0.342. The molecule has 17 heteroatoms. The van der Waals surface area contributed by atoms with Crippen LogP contribution in [0.2, 0.25) is 51.4 Å². The van der Waals surface area contributed by atoms with Crippen molar-refractivity contribution >= 4 is 61.4 Å². The van der Waals surface area contributed by atoms with Crippen LogP contribution in [0.3, 0.4) is 0 Å². The molecule has 1 amide bonds. The van der Waals surface area contributed by atoms with Gasteiger partial charge < -0.3 is 22.4 Å². The molecule has 0 heterocycles. The minimum atomic E-state index is -3.32. The molecule has 0 radical (unpaired) electrons. The molecular weight excluding hydrogens is 769 g/mol. The molecule has 0 fully saturated rings. The summed E-state index contributed by atoms with van der Waals surface area (Å²) in [5.41, 5.74) is 0.337. The number of rotatable bonds is 22. The molecule has 4 aromatic carbocycles. The predicted octanol–water partition coefficient (Wildman–Crippen LogP) is 7.06. The van der Waals surface area contributed by atoms with Crippen LogP contribution in [0.15, 0.2) is 109 Å². The van der Waals surface area contributed by atoms with Crippen molar-refractivity contribution in [2.45, 2.75) is 64.2 Å². The number of nitro benzene ring substituents is 2. The summed E-state index contributed by atoms with van der Waals surface area (Å²) in [5.74, 6) is 0.284. The molecule has 0 atom stereocenters. The molecule has 4 aromatic rings. The number of hydrogen-bond donors (Lipinski definition) is 2. The van der Waals surface area contributed by atoms with E-state index in [1.54, 1.807) is 12.1 Å². The Balaban J connectivity index is 1.41. The lowest BCUT2D eigenvalue weighted by molar-refractivity contribution is -0.385. The molecule has 0 aliphatic rings. The van der Waals surface area contributed by atoms with E-state index in [1.807, 2.05) is 36.4 Å². The molecule has 0 saturated carbocycles. The molecule has 0 aliphatic heterocycles. The first-order valence-corrected chi connectivity index (χ1v) is 29.2. The van der Waals surface area contributed by atoms with E-state index in [2.05, 4.69) is 74.2 Å². The quantitative estimate of drug-likeness (QED) is 0.0276. The number of nitro groups is 2. The Bertz CT molecular complexity index is 1810. The van der Waals surface area contributed by atoms with Crippen LogP contribution in [0, 0.1) is 20.2 Å². The van der Waals surface area contributed by atoms with Gasteiger partial charge in [0.1, 0.15) is 12.5 Å². The maximum atomic E-state index is 12.7. The van der Waals surface area contributed by atoms with Gasteiger partial charge in [-0.3, -0.25) is 30.3 Å². The van der Waals surface area contributed by atoms with Crippen LogP contribution < -0.4 is 25.7 Å². The van der Waals surface area contributed by atoms with Gasteiger partial charge in [-0.1, -0.05) is 60.7 Å². The zero-order chi connectivity index (χ0) is 40.1. The maximum absolute atomic E-state index is 12.7. The van der Waals surface area contributed by atoms with Gasteiger partial charge in [0.05, 0.1) is 9.85 Å². The highest BCUT2D eigenvalue weighted by atomic mass is 28.5. The zero-order valence-electron chi connectivity index (χ0n) is 32.4. The normalized spacial score (nSPS) is 12.3. The van der Waals surface area contributed by atoms with Gasteiger partial charge in [-0.2, -0.15) is 0 Å². The van der Waals surface area contributed by atoms with Gasteiger partial charge in [0.15, 0.2) is 16.6 Å². The van der Waals surface area contributed by atoms with Gasteiger partial charge in [-0.05, 0) is 105 Å². The number of amides is 1. The Kier molecular flexibility index (Phi) is 15.4. The Morgan fingerprint density at radius 2 is 1.09 bits per heavy atom. The number of carbonyl (C=O) groups is 1. The SMILES string of the molecule is C[Si](C)(CCCNC(=O)c1ccc([N+](=O)[O-])cc1)O[Si](C)(C)O[Si](O[Si](C)(C)CCCNCOc1ccc([N+](=O)[O-])cc1)(c1ccccc1)c1ccccc1. The van der Waals surface area contributed by atoms with E-state index in [1.165, 1.54) is 36.4 Å². The summed E-state index contributed by atoms with van der Waals surface area (Å²) in [4.78, 5) is 33.6. The molecule has 0 aliphatic carbocycles. The van der Waals surface area contributed by atoms with Crippen molar-refractivity contribution in [1.82, 2.24) is 10.6 Å². The molecule has 2 N–H and O–H groups in total. The summed E-state index contributed by atoms with van der Waals surface area (Å²) in [6.45, 7) is 14.4. The minimum Gasteiger partial charge on any atom is -0.478 e. The highest BCUT2D eigenvalue weighted by molar-refractivity contribution is 7.02. The van der Waals surface area contributed by atoms with Gasteiger partial charge in [0.25, 0.3) is 17.3 Å². The largest absolute Gasteiger partial charge is 0.478 e. The first-order chi connectivity index (χ1) is 26.0. The molecule has 13 nitrogen and oxygen atoms in total. The average molecular weight is 821 g/mol. The molecule has 4 rings (SSSR count). The second-order valence-corrected chi connectivity index (χ2v) is 30.6. The third-order valence-electron chi connectivity index (χ3n) is 8.74. The summed E-state index contributed by atoms with van der Waals surface area (Å²) >= 11 is 0. The molecule has 0 bridgehead atoms. The van der Waals surface area contributed by atoms with Crippen LogP contribution in [-0.2, 0) is 12.3 Å². The van der Waals surface area contributed by atoms with Gasteiger partial charge in [0.2, 0.25) is 0 Å². The van der Waals surface area contributed by atoms with Crippen molar-refractivity contribution in [2.24, 2.45) is 0 Å². The summed E-state index contributed by atoms with van der Waals surface area (Å²) in [5, 5.41) is 30.2. The van der Waals surface area contributed by atoms with E-state index < -0.39 is 43.6 Å². The lowest BCUT2D eigenvalue weighted by Crippen LogP contribution is -2.71. The van der Waals surface area contributed by atoms with Gasteiger partial charge in [0, 0.05) is 36.4 Å². The Labute approximate surface area is 327 Å². The summed E-state index contributed by atoms with van der Waals surface area (Å²) in [7, 11) is -10.9. The van der Waals surface area contributed by atoms with E-state index in [4.69, 9.17) is 17.1 Å². The van der Waals surface area contributed by atoms with Crippen LogP contribution in [0.25, 0.3) is 0 Å². The van der Waals surface area contributed by atoms with Crippen molar-refractivity contribution < 1.29 is 31.7 Å². The van der Waals surface area contributed by atoms with E-state index in [0.29, 0.717) is 30.8 Å². The topological polar surface area (TPSA) is 164 Å². The second-order valence-electron chi connectivity index (χ2n) is 14.9. The third-order valence-corrected chi connectivity index (χ3v) is 24.7. The van der Waals surface area contributed by atoms with Crippen LogP contribution in [0.5, 0.6) is 5.75 Å². The first kappa shape index (κ1) is 43.4. The number of benzene rings is 4. The van der Waals surface area contributed by atoms with Gasteiger partial charge >= 0.3 is 17.1 Å². The molecule has 0 spiro atoms. The van der Waals surface area contributed by atoms with Crippen molar-refractivity contribution in [2.75, 3.05) is 19.8 Å².